The number of carbonyl (C=O) groups is 1. The van der Waals surface area contributed by atoms with Crippen LogP contribution in [0.2, 0.25) is 0 Å². The number of nitrogens with one attached hydrogen (secondary N) is 1. The number of rotatable bonds is 7. The molecule has 6 nitrogen and oxygen atoms in total. The van der Waals surface area contributed by atoms with E-state index in [2.05, 4.69) is 5.32 Å². The molecule has 0 aliphatic rings. The smallest absolute Gasteiger partial charge is 0.264 e. The summed E-state index contributed by atoms with van der Waals surface area (Å²) in [6.45, 7) is 3.77. The molecule has 0 bridgehead atoms. The topological polar surface area (TPSA) is 75.7 Å². The van der Waals surface area contributed by atoms with Crippen molar-refractivity contribution in [1.82, 2.24) is 0 Å². The number of sulfonamides is 1. The Bertz CT molecular complexity index is 1130. The fourth-order valence-corrected chi connectivity index (χ4v) is 4.83. The van der Waals surface area contributed by atoms with Gasteiger partial charge in [-0.05, 0) is 67.9 Å². The van der Waals surface area contributed by atoms with Crippen LogP contribution in [0.4, 0.5) is 11.4 Å². The number of ether oxygens (including phenoxy) is 1. The Morgan fingerprint density at radius 3 is 2.27 bits per heavy atom. The summed E-state index contributed by atoms with van der Waals surface area (Å²) in [5.41, 5.74) is 2.00. The number of hydrogen-bond donors (Lipinski definition) is 1. The third kappa shape index (κ3) is 4.46. The third-order valence-corrected chi connectivity index (χ3v) is 6.74. The van der Waals surface area contributed by atoms with Crippen LogP contribution >= 0.6 is 0 Å². The second-order valence-electron chi connectivity index (χ2n) is 6.67. The van der Waals surface area contributed by atoms with Crippen LogP contribution in [0.3, 0.4) is 0 Å². The first-order valence-corrected chi connectivity index (χ1v) is 10.9. The molecule has 3 aromatic carbocycles. The van der Waals surface area contributed by atoms with E-state index < -0.39 is 10.0 Å². The lowest BCUT2D eigenvalue weighted by atomic mass is 10.1. The molecule has 1 amide bonds. The molecule has 0 heterocycles. The summed E-state index contributed by atoms with van der Waals surface area (Å²) in [5.74, 6) is 0.289. The standard InChI is InChI=1S/C23H24N2O4S/c1-4-25(20-8-6-5-7-9-20)30(27,28)22-16-18(11-10-17(22)2)23(26)24-19-12-14-21(29-3)15-13-19/h5-16H,4H2,1-3H3,(H,24,26). The van der Waals surface area contributed by atoms with Gasteiger partial charge in [-0.15, -0.1) is 0 Å². The van der Waals surface area contributed by atoms with Crippen LogP contribution < -0.4 is 14.4 Å². The molecule has 30 heavy (non-hydrogen) atoms. The normalized spacial score (nSPS) is 11.0. The Balaban J connectivity index is 1.92. The monoisotopic (exact) mass is 424 g/mol. The van der Waals surface area contributed by atoms with Crippen LogP contribution in [0.25, 0.3) is 0 Å². The summed E-state index contributed by atoms with van der Waals surface area (Å²) < 4.78 is 33.2. The van der Waals surface area contributed by atoms with Crippen molar-refractivity contribution >= 4 is 27.3 Å². The number of para-hydroxylation sites is 1. The highest BCUT2D eigenvalue weighted by molar-refractivity contribution is 7.92. The maximum Gasteiger partial charge on any atom is 0.264 e. The molecule has 0 spiro atoms. The molecule has 0 saturated heterocycles. The van der Waals surface area contributed by atoms with Crippen LogP contribution in [0, 0.1) is 6.92 Å². The van der Waals surface area contributed by atoms with Crippen molar-refractivity contribution in [2.75, 3.05) is 23.3 Å². The SMILES string of the molecule is CCN(c1ccccc1)S(=O)(=O)c1cc(C(=O)Nc2ccc(OC)cc2)ccc1C. The molecule has 0 aliphatic heterocycles. The molecule has 3 rings (SSSR count). The van der Waals surface area contributed by atoms with Crippen molar-refractivity contribution in [2.45, 2.75) is 18.7 Å². The molecule has 156 valence electrons. The van der Waals surface area contributed by atoms with Gasteiger partial charge in [0.05, 0.1) is 17.7 Å². The first kappa shape index (κ1) is 21.4. The number of anilines is 2. The fraction of sp³-hybridized carbons (Fsp3) is 0.174. The Morgan fingerprint density at radius 2 is 1.67 bits per heavy atom. The van der Waals surface area contributed by atoms with Crippen molar-refractivity contribution in [3.63, 3.8) is 0 Å². The van der Waals surface area contributed by atoms with Crippen LogP contribution in [0.15, 0.2) is 77.7 Å². The minimum atomic E-state index is -3.84. The van der Waals surface area contributed by atoms with Crippen LogP contribution in [0.1, 0.15) is 22.8 Å². The van der Waals surface area contributed by atoms with Gasteiger partial charge in [-0.3, -0.25) is 9.10 Å². The number of amides is 1. The maximum atomic E-state index is 13.4. The van der Waals surface area contributed by atoms with E-state index in [-0.39, 0.29) is 22.9 Å². The molecule has 0 unspecified atom stereocenters. The van der Waals surface area contributed by atoms with Crippen molar-refractivity contribution in [3.8, 4) is 5.75 Å². The van der Waals surface area contributed by atoms with Crippen molar-refractivity contribution < 1.29 is 17.9 Å². The van der Waals surface area contributed by atoms with Gasteiger partial charge in [-0.2, -0.15) is 0 Å². The predicted octanol–water partition coefficient (Wildman–Crippen LogP) is 4.47. The number of hydrogen-bond acceptors (Lipinski definition) is 4. The summed E-state index contributed by atoms with van der Waals surface area (Å²) in [7, 11) is -2.27. The highest BCUT2D eigenvalue weighted by atomic mass is 32.2. The third-order valence-electron chi connectivity index (χ3n) is 4.70. The Morgan fingerprint density at radius 1 is 1.00 bits per heavy atom. The fourth-order valence-electron chi connectivity index (χ4n) is 3.10. The van der Waals surface area contributed by atoms with Gasteiger partial charge in [-0.1, -0.05) is 24.3 Å². The summed E-state index contributed by atoms with van der Waals surface area (Å²) >= 11 is 0. The molecule has 7 heteroatoms. The van der Waals surface area contributed by atoms with E-state index in [0.29, 0.717) is 22.7 Å². The van der Waals surface area contributed by atoms with Crippen molar-refractivity contribution in [2.24, 2.45) is 0 Å². The quantitative estimate of drug-likeness (QED) is 0.607. The summed E-state index contributed by atoms with van der Waals surface area (Å²) in [6.07, 6.45) is 0. The first-order valence-electron chi connectivity index (χ1n) is 9.50. The largest absolute Gasteiger partial charge is 0.497 e. The van der Waals surface area contributed by atoms with Gasteiger partial charge >= 0.3 is 0 Å². The van der Waals surface area contributed by atoms with E-state index in [1.807, 2.05) is 6.07 Å². The van der Waals surface area contributed by atoms with E-state index in [1.54, 1.807) is 81.6 Å². The van der Waals surface area contributed by atoms with E-state index >= 15 is 0 Å². The average molecular weight is 425 g/mol. The van der Waals surface area contributed by atoms with Crippen LogP contribution in [-0.4, -0.2) is 28.0 Å². The number of nitrogens with zero attached hydrogens (tertiary/aromatic N) is 1. The first-order chi connectivity index (χ1) is 14.4. The number of benzene rings is 3. The average Bonchev–Trinajstić information content (AvgIpc) is 2.75. The highest BCUT2D eigenvalue weighted by Gasteiger charge is 2.26. The Labute approximate surface area is 177 Å². The molecule has 0 saturated carbocycles. The molecule has 0 aromatic heterocycles. The maximum absolute atomic E-state index is 13.4. The van der Waals surface area contributed by atoms with Crippen LogP contribution in [0.5, 0.6) is 5.75 Å². The summed E-state index contributed by atoms with van der Waals surface area (Å²) in [4.78, 5) is 12.8. The van der Waals surface area contributed by atoms with Gasteiger partial charge in [0.1, 0.15) is 5.75 Å². The summed E-state index contributed by atoms with van der Waals surface area (Å²) in [6, 6.07) is 20.5. The summed E-state index contributed by atoms with van der Waals surface area (Å²) in [5, 5.41) is 2.78. The van der Waals surface area contributed by atoms with E-state index in [1.165, 1.54) is 10.4 Å². The molecule has 0 radical (unpaired) electrons. The van der Waals surface area contributed by atoms with Gasteiger partial charge < -0.3 is 10.1 Å². The molecule has 3 aromatic rings. The molecule has 0 fully saturated rings. The van der Waals surface area contributed by atoms with Gasteiger partial charge in [0.2, 0.25) is 0 Å². The van der Waals surface area contributed by atoms with Crippen LogP contribution in [-0.2, 0) is 10.0 Å². The minimum Gasteiger partial charge on any atom is -0.497 e. The van der Waals surface area contributed by atoms with Crippen molar-refractivity contribution in [3.05, 3.63) is 83.9 Å². The number of methoxy groups -OCH3 is 1. The zero-order valence-corrected chi connectivity index (χ0v) is 17.9. The molecular weight excluding hydrogens is 400 g/mol. The molecule has 0 aliphatic carbocycles. The molecular formula is C23H24N2O4S. The van der Waals surface area contributed by atoms with Gasteiger partial charge in [0.15, 0.2) is 0 Å². The van der Waals surface area contributed by atoms with Gasteiger partial charge in [0.25, 0.3) is 15.9 Å². The Hall–Kier alpha value is -3.32. The second kappa shape index (κ2) is 9.00. The number of carbonyl (C=O) groups excluding carboxylic acids is 1. The predicted molar refractivity (Wildman–Crippen MR) is 119 cm³/mol. The van der Waals surface area contributed by atoms with E-state index in [0.717, 1.165) is 0 Å². The molecule has 1 N–H and O–H groups in total. The Kier molecular flexibility index (Phi) is 6.42. The van der Waals surface area contributed by atoms with E-state index in [9.17, 15) is 13.2 Å². The minimum absolute atomic E-state index is 0.107. The lowest BCUT2D eigenvalue weighted by Gasteiger charge is -2.24. The van der Waals surface area contributed by atoms with Crippen molar-refractivity contribution in [1.29, 1.82) is 0 Å². The van der Waals surface area contributed by atoms with E-state index in [4.69, 9.17) is 4.74 Å². The van der Waals surface area contributed by atoms with Gasteiger partial charge in [-0.25, -0.2) is 8.42 Å². The molecule has 0 atom stereocenters. The van der Waals surface area contributed by atoms with Gasteiger partial charge in [0, 0.05) is 17.8 Å². The number of aryl methyl sites for hydroxylation is 1. The second-order valence-corrected chi connectivity index (χ2v) is 8.50. The lowest BCUT2D eigenvalue weighted by Crippen LogP contribution is -2.31. The zero-order valence-electron chi connectivity index (χ0n) is 17.1. The lowest BCUT2D eigenvalue weighted by molar-refractivity contribution is 0.102. The zero-order chi connectivity index (χ0) is 21.7. The highest BCUT2D eigenvalue weighted by Crippen LogP contribution is 2.26.